The van der Waals surface area contributed by atoms with Gasteiger partial charge in [-0.2, -0.15) is 0 Å². The molecule has 1 aliphatic heterocycles. The van der Waals surface area contributed by atoms with E-state index >= 15 is 0 Å². The van der Waals surface area contributed by atoms with Gasteiger partial charge < -0.3 is 14.6 Å². The minimum atomic E-state index is -1.32. The van der Waals surface area contributed by atoms with E-state index < -0.39 is 23.5 Å². The van der Waals surface area contributed by atoms with Crippen molar-refractivity contribution >= 4 is 5.97 Å². The van der Waals surface area contributed by atoms with Gasteiger partial charge in [-0.15, -0.1) is 0 Å². The second kappa shape index (κ2) is 4.86. The van der Waals surface area contributed by atoms with Crippen LogP contribution in [0, 0.1) is 0 Å². The zero-order chi connectivity index (χ0) is 14.2. The molecule has 4 heteroatoms. The Bertz CT molecular complexity index is 492. The fourth-order valence-electron chi connectivity index (χ4n) is 3.27. The average molecular weight is 276 g/mol. The van der Waals surface area contributed by atoms with Crippen molar-refractivity contribution in [2.24, 2.45) is 0 Å². The molecule has 20 heavy (non-hydrogen) atoms. The summed E-state index contributed by atoms with van der Waals surface area (Å²) < 4.78 is 12.1. The summed E-state index contributed by atoms with van der Waals surface area (Å²) in [6.07, 6.45) is 4.21. The molecule has 2 unspecified atom stereocenters. The monoisotopic (exact) mass is 276 g/mol. The molecule has 4 nitrogen and oxygen atoms in total. The minimum absolute atomic E-state index is 0.556. The van der Waals surface area contributed by atoms with Gasteiger partial charge >= 0.3 is 5.97 Å². The summed E-state index contributed by atoms with van der Waals surface area (Å²) in [6, 6.07) is 9.50. The number of benzene rings is 1. The van der Waals surface area contributed by atoms with E-state index in [1.54, 1.807) is 6.92 Å². The molecule has 2 aliphatic rings. The van der Waals surface area contributed by atoms with Crippen LogP contribution in [0.4, 0.5) is 0 Å². The molecule has 3 rings (SSSR count). The summed E-state index contributed by atoms with van der Waals surface area (Å²) in [4.78, 5) is 11.7. The topological polar surface area (TPSA) is 55.8 Å². The molecule has 1 aromatic rings. The quantitative estimate of drug-likeness (QED) is 0.900. The molecular formula is C16H20O4. The lowest BCUT2D eigenvalue weighted by molar-refractivity contribution is -0.211. The minimum Gasteiger partial charge on any atom is -0.479 e. The molecule has 1 heterocycles. The molecule has 0 amide bonds. The molecule has 1 saturated carbocycles. The van der Waals surface area contributed by atoms with Crippen LogP contribution in [-0.4, -0.2) is 22.5 Å². The van der Waals surface area contributed by atoms with E-state index in [9.17, 15) is 9.90 Å². The Labute approximate surface area is 118 Å². The Hall–Kier alpha value is -1.39. The standard InChI is InChI=1S/C16H20O4/c1-15(14(17)18)13(12-8-4-2-5-9-12)19-16(20-15)10-6-3-7-11-16/h2,4-5,8-9,13H,3,6-7,10-11H2,1H3,(H,17,18). The van der Waals surface area contributed by atoms with E-state index in [2.05, 4.69) is 0 Å². The molecule has 0 aromatic heterocycles. The van der Waals surface area contributed by atoms with Gasteiger partial charge in [0.05, 0.1) is 0 Å². The van der Waals surface area contributed by atoms with Gasteiger partial charge in [0.25, 0.3) is 0 Å². The number of carbonyl (C=O) groups is 1. The van der Waals surface area contributed by atoms with Crippen LogP contribution in [0.15, 0.2) is 30.3 Å². The van der Waals surface area contributed by atoms with E-state index in [1.807, 2.05) is 30.3 Å². The first kappa shape index (κ1) is 13.6. The summed E-state index contributed by atoms with van der Waals surface area (Å²) in [5, 5.41) is 9.61. The second-order valence-electron chi connectivity index (χ2n) is 5.89. The van der Waals surface area contributed by atoms with Crippen molar-refractivity contribution < 1.29 is 19.4 Å². The van der Waals surface area contributed by atoms with Crippen molar-refractivity contribution in [2.45, 2.75) is 56.5 Å². The third-order valence-electron chi connectivity index (χ3n) is 4.37. The molecule has 1 aliphatic carbocycles. The molecule has 1 saturated heterocycles. The largest absolute Gasteiger partial charge is 0.479 e. The van der Waals surface area contributed by atoms with Crippen LogP contribution in [0.25, 0.3) is 0 Å². The van der Waals surface area contributed by atoms with Gasteiger partial charge in [-0.1, -0.05) is 36.8 Å². The Balaban J connectivity index is 1.96. The Morgan fingerprint density at radius 3 is 2.45 bits per heavy atom. The van der Waals surface area contributed by atoms with Crippen molar-refractivity contribution in [3.05, 3.63) is 35.9 Å². The van der Waals surface area contributed by atoms with Crippen molar-refractivity contribution in [1.29, 1.82) is 0 Å². The lowest BCUT2D eigenvalue weighted by atomic mass is 9.93. The van der Waals surface area contributed by atoms with Gasteiger partial charge in [0.1, 0.15) is 6.10 Å². The highest BCUT2D eigenvalue weighted by Gasteiger charge is 2.59. The van der Waals surface area contributed by atoms with Gasteiger partial charge in [-0.05, 0) is 25.3 Å². The molecule has 1 N–H and O–H groups in total. The highest BCUT2D eigenvalue weighted by molar-refractivity contribution is 5.78. The van der Waals surface area contributed by atoms with Gasteiger partial charge in [0.2, 0.25) is 0 Å². The van der Waals surface area contributed by atoms with Crippen LogP contribution in [0.2, 0.25) is 0 Å². The van der Waals surface area contributed by atoms with E-state index in [-0.39, 0.29) is 0 Å². The summed E-state index contributed by atoms with van der Waals surface area (Å²) in [5.41, 5.74) is -0.460. The Kier molecular flexibility index (Phi) is 3.30. The third kappa shape index (κ3) is 2.13. The fraction of sp³-hybridized carbons (Fsp3) is 0.562. The summed E-state index contributed by atoms with van der Waals surface area (Å²) in [5.74, 6) is -1.68. The highest BCUT2D eigenvalue weighted by atomic mass is 16.8. The lowest BCUT2D eigenvalue weighted by Gasteiger charge is -2.32. The zero-order valence-corrected chi connectivity index (χ0v) is 11.7. The normalized spacial score (nSPS) is 32.4. The molecule has 1 spiro atoms. The number of carboxylic acid groups (broad SMARTS) is 1. The summed E-state index contributed by atoms with van der Waals surface area (Å²) in [7, 11) is 0. The van der Waals surface area contributed by atoms with Crippen molar-refractivity contribution in [3.8, 4) is 0 Å². The number of hydrogen-bond donors (Lipinski definition) is 1. The molecule has 0 bridgehead atoms. The number of hydrogen-bond acceptors (Lipinski definition) is 3. The number of ether oxygens (including phenoxy) is 2. The van der Waals surface area contributed by atoms with Crippen LogP contribution < -0.4 is 0 Å². The number of rotatable bonds is 2. The Morgan fingerprint density at radius 2 is 1.85 bits per heavy atom. The SMILES string of the molecule is CC1(C(=O)O)OC2(CCCCC2)OC1c1ccccc1. The molecular weight excluding hydrogens is 256 g/mol. The number of aliphatic carboxylic acids is 1. The third-order valence-corrected chi connectivity index (χ3v) is 4.37. The highest BCUT2D eigenvalue weighted by Crippen LogP contribution is 2.51. The number of carboxylic acids is 1. The molecule has 108 valence electrons. The maximum atomic E-state index is 11.7. The van der Waals surface area contributed by atoms with E-state index in [1.165, 1.54) is 0 Å². The van der Waals surface area contributed by atoms with Crippen molar-refractivity contribution in [2.75, 3.05) is 0 Å². The van der Waals surface area contributed by atoms with Gasteiger partial charge in [-0.25, -0.2) is 4.79 Å². The Morgan fingerprint density at radius 1 is 1.20 bits per heavy atom. The summed E-state index contributed by atoms with van der Waals surface area (Å²) in [6.45, 7) is 1.62. The van der Waals surface area contributed by atoms with Gasteiger partial charge in [0, 0.05) is 12.8 Å². The predicted octanol–water partition coefficient (Wildman–Crippen LogP) is 3.28. The average Bonchev–Trinajstić information content (AvgIpc) is 2.75. The smallest absolute Gasteiger partial charge is 0.338 e. The maximum absolute atomic E-state index is 11.7. The first-order chi connectivity index (χ1) is 9.56. The first-order valence-corrected chi connectivity index (χ1v) is 7.22. The lowest BCUT2D eigenvalue weighted by Crippen LogP contribution is -2.42. The van der Waals surface area contributed by atoms with Crippen LogP contribution in [0.3, 0.4) is 0 Å². The molecule has 2 fully saturated rings. The van der Waals surface area contributed by atoms with Crippen LogP contribution in [-0.2, 0) is 14.3 Å². The zero-order valence-electron chi connectivity index (χ0n) is 11.7. The summed E-state index contributed by atoms with van der Waals surface area (Å²) >= 11 is 0. The predicted molar refractivity (Wildman–Crippen MR) is 73.2 cm³/mol. The van der Waals surface area contributed by atoms with Crippen LogP contribution in [0.1, 0.15) is 50.7 Å². The first-order valence-electron chi connectivity index (χ1n) is 7.22. The fourth-order valence-corrected chi connectivity index (χ4v) is 3.27. The second-order valence-corrected chi connectivity index (χ2v) is 5.89. The van der Waals surface area contributed by atoms with Crippen molar-refractivity contribution in [1.82, 2.24) is 0 Å². The van der Waals surface area contributed by atoms with E-state index in [4.69, 9.17) is 9.47 Å². The van der Waals surface area contributed by atoms with E-state index in [0.29, 0.717) is 0 Å². The van der Waals surface area contributed by atoms with E-state index in [0.717, 1.165) is 37.7 Å². The molecule has 2 atom stereocenters. The van der Waals surface area contributed by atoms with Gasteiger partial charge in [0.15, 0.2) is 11.4 Å². The van der Waals surface area contributed by atoms with Crippen LogP contribution in [0.5, 0.6) is 0 Å². The molecule has 1 aromatic carbocycles. The van der Waals surface area contributed by atoms with Crippen molar-refractivity contribution in [3.63, 3.8) is 0 Å². The van der Waals surface area contributed by atoms with Crippen LogP contribution >= 0.6 is 0 Å². The maximum Gasteiger partial charge on any atom is 0.338 e. The molecule has 0 radical (unpaired) electrons. The van der Waals surface area contributed by atoms with Gasteiger partial charge in [-0.3, -0.25) is 0 Å².